The van der Waals surface area contributed by atoms with Gasteiger partial charge >= 0.3 is 0 Å². The summed E-state index contributed by atoms with van der Waals surface area (Å²) in [6, 6.07) is 20.4. The number of rotatable bonds is 5. The molecule has 1 aliphatic heterocycles. The first-order chi connectivity index (χ1) is 13.6. The SMILES string of the molecule is O=S(=O)(c1ccc(-c2ccccc2)cc1)N1CCCC(Oc2cccnn2)C1. The smallest absolute Gasteiger partial charge is 0.243 e. The van der Waals surface area contributed by atoms with Crippen LogP contribution in [0.3, 0.4) is 0 Å². The Morgan fingerprint density at radius 3 is 2.39 bits per heavy atom. The van der Waals surface area contributed by atoms with Crippen LogP contribution in [0.5, 0.6) is 5.88 Å². The molecule has 0 spiro atoms. The van der Waals surface area contributed by atoms with Crippen LogP contribution in [0, 0.1) is 0 Å². The summed E-state index contributed by atoms with van der Waals surface area (Å²) < 4.78 is 33.5. The summed E-state index contributed by atoms with van der Waals surface area (Å²) in [4.78, 5) is 0.298. The first-order valence-corrected chi connectivity index (χ1v) is 10.7. The first-order valence-electron chi connectivity index (χ1n) is 9.23. The van der Waals surface area contributed by atoms with Crippen molar-refractivity contribution in [2.45, 2.75) is 23.8 Å². The molecule has 1 fully saturated rings. The Balaban J connectivity index is 1.49. The minimum absolute atomic E-state index is 0.233. The third-order valence-electron chi connectivity index (χ3n) is 4.78. The largest absolute Gasteiger partial charge is 0.472 e. The van der Waals surface area contributed by atoms with Crippen LogP contribution in [0.4, 0.5) is 0 Å². The van der Waals surface area contributed by atoms with Crippen LogP contribution in [0.15, 0.2) is 77.8 Å². The highest BCUT2D eigenvalue weighted by molar-refractivity contribution is 7.89. The zero-order valence-electron chi connectivity index (χ0n) is 15.3. The Hall–Kier alpha value is -2.77. The average molecular weight is 395 g/mol. The van der Waals surface area contributed by atoms with Crippen LogP contribution >= 0.6 is 0 Å². The van der Waals surface area contributed by atoms with Gasteiger partial charge in [-0.05, 0) is 42.2 Å². The standard InChI is InChI=1S/C21H21N3O3S/c25-28(26,20-12-10-18(11-13-20)17-6-2-1-3-7-17)24-15-5-8-19(16-24)27-21-9-4-14-22-23-21/h1-4,6-7,9-14,19H,5,8,15-16H2. The van der Waals surface area contributed by atoms with Gasteiger partial charge in [0, 0.05) is 18.8 Å². The molecule has 2 aromatic carbocycles. The third-order valence-corrected chi connectivity index (χ3v) is 6.65. The zero-order valence-corrected chi connectivity index (χ0v) is 16.1. The molecule has 3 aromatic rings. The van der Waals surface area contributed by atoms with E-state index in [1.54, 1.807) is 30.5 Å². The Bertz CT molecular complexity index is 1010. The van der Waals surface area contributed by atoms with Crippen LogP contribution in [0.2, 0.25) is 0 Å². The van der Waals surface area contributed by atoms with Crippen molar-refractivity contribution in [1.29, 1.82) is 0 Å². The molecule has 1 saturated heterocycles. The average Bonchev–Trinajstić information content (AvgIpc) is 2.75. The Labute approximate surface area is 164 Å². The quantitative estimate of drug-likeness (QED) is 0.662. The second-order valence-corrected chi connectivity index (χ2v) is 8.64. The lowest BCUT2D eigenvalue weighted by molar-refractivity contribution is 0.123. The molecule has 6 nitrogen and oxygen atoms in total. The van der Waals surface area contributed by atoms with Crippen molar-refractivity contribution in [1.82, 2.24) is 14.5 Å². The van der Waals surface area contributed by atoms with E-state index < -0.39 is 10.0 Å². The maximum absolute atomic E-state index is 13.1. The van der Waals surface area contributed by atoms with Gasteiger partial charge < -0.3 is 4.74 Å². The van der Waals surface area contributed by atoms with Crippen molar-refractivity contribution in [3.8, 4) is 17.0 Å². The summed E-state index contributed by atoms with van der Waals surface area (Å²) in [5.41, 5.74) is 2.05. The van der Waals surface area contributed by atoms with Gasteiger partial charge in [-0.2, -0.15) is 9.40 Å². The number of aromatic nitrogens is 2. The summed E-state index contributed by atoms with van der Waals surface area (Å²) in [5, 5.41) is 7.71. The Kier molecular flexibility index (Phi) is 5.36. The van der Waals surface area contributed by atoms with Crippen molar-refractivity contribution < 1.29 is 13.2 Å². The first kappa shape index (κ1) is 18.6. The summed E-state index contributed by atoms with van der Waals surface area (Å²) >= 11 is 0. The number of ether oxygens (including phenoxy) is 1. The van der Waals surface area contributed by atoms with E-state index in [1.807, 2.05) is 42.5 Å². The summed E-state index contributed by atoms with van der Waals surface area (Å²) in [5.74, 6) is 0.416. The Morgan fingerprint density at radius 1 is 0.929 bits per heavy atom. The molecule has 0 aliphatic carbocycles. The molecule has 0 bridgehead atoms. The molecule has 1 unspecified atom stereocenters. The van der Waals surface area contributed by atoms with Crippen molar-refractivity contribution in [3.05, 3.63) is 72.9 Å². The fraction of sp³-hybridized carbons (Fsp3) is 0.238. The van der Waals surface area contributed by atoms with Gasteiger partial charge in [0.25, 0.3) is 0 Å². The highest BCUT2D eigenvalue weighted by atomic mass is 32.2. The van der Waals surface area contributed by atoms with E-state index in [0.717, 1.165) is 24.0 Å². The fourth-order valence-corrected chi connectivity index (χ4v) is 4.85. The molecule has 0 N–H and O–H groups in total. The monoisotopic (exact) mass is 395 g/mol. The van der Waals surface area contributed by atoms with Gasteiger partial charge in [-0.1, -0.05) is 42.5 Å². The minimum Gasteiger partial charge on any atom is -0.472 e. The second-order valence-electron chi connectivity index (χ2n) is 6.70. The van der Waals surface area contributed by atoms with Gasteiger partial charge in [0.2, 0.25) is 15.9 Å². The number of hydrogen-bond acceptors (Lipinski definition) is 5. The van der Waals surface area contributed by atoms with Crippen LogP contribution in [0.1, 0.15) is 12.8 Å². The topological polar surface area (TPSA) is 72.4 Å². The molecule has 4 rings (SSSR count). The van der Waals surface area contributed by atoms with E-state index >= 15 is 0 Å². The maximum Gasteiger partial charge on any atom is 0.243 e. The van der Waals surface area contributed by atoms with E-state index in [1.165, 1.54) is 4.31 Å². The third kappa shape index (κ3) is 4.05. The van der Waals surface area contributed by atoms with Gasteiger partial charge in [-0.15, -0.1) is 5.10 Å². The molecular formula is C21H21N3O3S. The number of piperidine rings is 1. The predicted octanol–water partition coefficient (Wildman–Crippen LogP) is 3.38. The number of hydrogen-bond donors (Lipinski definition) is 0. The predicted molar refractivity (Wildman–Crippen MR) is 106 cm³/mol. The molecule has 0 amide bonds. The normalized spacial score (nSPS) is 17.9. The van der Waals surface area contributed by atoms with Crippen molar-refractivity contribution in [3.63, 3.8) is 0 Å². The molecular weight excluding hydrogens is 374 g/mol. The molecule has 0 radical (unpaired) electrons. The van der Waals surface area contributed by atoms with Gasteiger partial charge in [0.05, 0.1) is 11.4 Å². The molecule has 1 aromatic heterocycles. The molecule has 28 heavy (non-hydrogen) atoms. The molecule has 1 atom stereocenters. The molecule has 2 heterocycles. The van der Waals surface area contributed by atoms with Crippen molar-refractivity contribution >= 4 is 10.0 Å². The van der Waals surface area contributed by atoms with E-state index in [-0.39, 0.29) is 6.10 Å². The van der Waals surface area contributed by atoms with Gasteiger partial charge in [0.1, 0.15) is 6.10 Å². The molecule has 1 aliphatic rings. The van der Waals surface area contributed by atoms with E-state index in [9.17, 15) is 8.42 Å². The van der Waals surface area contributed by atoms with Crippen molar-refractivity contribution in [2.75, 3.05) is 13.1 Å². The molecule has 144 valence electrons. The van der Waals surface area contributed by atoms with Gasteiger partial charge in [-0.25, -0.2) is 8.42 Å². The van der Waals surface area contributed by atoms with Gasteiger partial charge in [0.15, 0.2) is 0 Å². The van der Waals surface area contributed by atoms with Crippen LogP contribution in [-0.4, -0.2) is 42.1 Å². The number of benzene rings is 2. The molecule has 0 saturated carbocycles. The second kappa shape index (κ2) is 8.08. The number of nitrogens with zero attached hydrogens (tertiary/aromatic N) is 3. The van der Waals surface area contributed by atoms with E-state index in [4.69, 9.17) is 4.74 Å². The highest BCUT2D eigenvalue weighted by Gasteiger charge is 2.31. The zero-order chi connectivity index (χ0) is 19.4. The maximum atomic E-state index is 13.1. The van der Waals surface area contributed by atoms with Crippen LogP contribution in [0.25, 0.3) is 11.1 Å². The highest BCUT2D eigenvalue weighted by Crippen LogP contribution is 2.25. The Morgan fingerprint density at radius 2 is 1.68 bits per heavy atom. The van der Waals surface area contributed by atoms with Crippen molar-refractivity contribution in [2.24, 2.45) is 0 Å². The fourth-order valence-electron chi connectivity index (χ4n) is 3.34. The van der Waals surface area contributed by atoms with Gasteiger partial charge in [-0.3, -0.25) is 0 Å². The number of sulfonamides is 1. The van der Waals surface area contributed by atoms with E-state index in [2.05, 4.69) is 10.2 Å². The lowest BCUT2D eigenvalue weighted by Gasteiger charge is -2.31. The van der Waals surface area contributed by atoms with E-state index in [0.29, 0.717) is 23.9 Å². The summed E-state index contributed by atoms with van der Waals surface area (Å²) in [6.07, 6.45) is 2.87. The minimum atomic E-state index is -3.57. The lowest BCUT2D eigenvalue weighted by atomic mass is 10.1. The summed E-state index contributed by atoms with van der Waals surface area (Å²) in [6.45, 7) is 0.794. The summed E-state index contributed by atoms with van der Waals surface area (Å²) in [7, 11) is -3.57. The lowest BCUT2D eigenvalue weighted by Crippen LogP contribution is -2.44. The van der Waals surface area contributed by atoms with Crippen LogP contribution in [-0.2, 0) is 10.0 Å². The molecule has 7 heteroatoms. The van der Waals surface area contributed by atoms with Crippen LogP contribution < -0.4 is 4.74 Å².